The van der Waals surface area contributed by atoms with E-state index in [9.17, 15) is 0 Å². The Hall–Kier alpha value is -2.64. The van der Waals surface area contributed by atoms with Gasteiger partial charge in [-0.3, -0.25) is 0 Å². The lowest BCUT2D eigenvalue weighted by molar-refractivity contribution is 0.321. The van der Waals surface area contributed by atoms with Crippen molar-refractivity contribution in [1.82, 2.24) is 4.90 Å². The number of benzene rings is 5. The Balaban J connectivity index is 0.000000224. The summed E-state index contributed by atoms with van der Waals surface area (Å²) in [5.74, 6) is 0. The third-order valence-electron chi connectivity index (χ3n) is 5.73. The molecule has 5 aromatic rings. The van der Waals surface area contributed by atoms with E-state index in [-0.39, 0.29) is 0 Å². The van der Waals surface area contributed by atoms with E-state index in [1.165, 1.54) is 62.7 Å². The van der Waals surface area contributed by atoms with Gasteiger partial charge in [-0.05, 0) is 62.7 Å². The fraction of sp³-hybridized carbons (Fsp3) is 0.231. The summed E-state index contributed by atoms with van der Waals surface area (Å²) in [6, 6.07) is 26.4. The van der Waals surface area contributed by atoms with Gasteiger partial charge in [0.25, 0.3) is 0 Å². The first-order valence-corrected chi connectivity index (χ1v) is 10.0. The van der Waals surface area contributed by atoms with Crippen LogP contribution in [0.4, 0.5) is 0 Å². The number of rotatable bonds is 3. The molecule has 0 fully saturated rings. The van der Waals surface area contributed by atoms with E-state index < -0.39 is 0 Å². The number of hydrogen-bond donors (Lipinski definition) is 0. The summed E-state index contributed by atoms with van der Waals surface area (Å²) in [6.45, 7) is 10.1. The molecule has 1 nitrogen and oxygen atoms in total. The SMILES string of the molecule is CCN(CC)CC.c1cc2cccc3c4cccc5cccc(c(c1)c23)c54. The van der Waals surface area contributed by atoms with E-state index in [1.54, 1.807) is 0 Å². The molecule has 0 bridgehead atoms. The molecular formula is C26H27N. The molecule has 5 rings (SSSR count). The monoisotopic (exact) mass is 353 g/mol. The topological polar surface area (TPSA) is 3.24 Å². The quantitative estimate of drug-likeness (QED) is 0.247. The van der Waals surface area contributed by atoms with Gasteiger partial charge in [-0.25, -0.2) is 0 Å². The fourth-order valence-corrected chi connectivity index (χ4v) is 4.25. The predicted octanol–water partition coefficient (Wildman–Crippen LogP) is 7.09. The highest BCUT2D eigenvalue weighted by Crippen LogP contribution is 2.39. The average molecular weight is 354 g/mol. The Morgan fingerprint density at radius 2 is 0.778 bits per heavy atom. The van der Waals surface area contributed by atoms with Crippen LogP contribution in [0.2, 0.25) is 0 Å². The van der Waals surface area contributed by atoms with Crippen LogP contribution >= 0.6 is 0 Å². The van der Waals surface area contributed by atoms with Gasteiger partial charge in [0.05, 0.1) is 0 Å². The van der Waals surface area contributed by atoms with Crippen LogP contribution in [0, 0.1) is 0 Å². The van der Waals surface area contributed by atoms with Crippen LogP contribution in [0.5, 0.6) is 0 Å². The summed E-state index contributed by atoms with van der Waals surface area (Å²) < 4.78 is 0. The van der Waals surface area contributed by atoms with Crippen molar-refractivity contribution in [2.75, 3.05) is 19.6 Å². The zero-order valence-electron chi connectivity index (χ0n) is 16.5. The van der Waals surface area contributed by atoms with Crippen LogP contribution in [-0.2, 0) is 0 Å². The van der Waals surface area contributed by atoms with Gasteiger partial charge in [-0.2, -0.15) is 0 Å². The molecule has 0 heterocycles. The second-order valence-corrected chi connectivity index (χ2v) is 7.04. The van der Waals surface area contributed by atoms with Crippen molar-refractivity contribution in [2.24, 2.45) is 0 Å². The molecule has 0 saturated carbocycles. The third-order valence-corrected chi connectivity index (χ3v) is 5.73. The molecule has 0 radical (unpaired) electrons. The minimum absolute atomic E-state index is 1.19. The highest BCUT2D eigenvalue weighted by molar-refractivity contribution is 6.32. The van der Waals surface area contributed by atoms with E-state index in [4.69, 9.17) is 0 Å². The van der Waals surface area contributed by atoms with Crippen LogP contribution in [0.15, 0.2) is 72.8 Å². The fourth-order valence-electron chi connectivity index (χ4n) is 4.25. The molecule has 0 N–H and O–H groups in total. The van der Waals surface area contributed by atoms with Gasteiger partial charge in [0, 0.05) is 0 Å². The summed E-state index contributed by atoms with van der Waals surface area (Å²) in [5.41, 5.74) is 0. The zero-order chi connectivity index (χ0) is 18.8. The maximum absolute atomic E-state index is 2.38. The first-order valence-electron chi connectivity index (χ1n) is 10.0. The van der Waals surface area contributed by atoms with Crippen LogP contribution in [0.3, 0.4) is 0 Å². The van der Waals surface area contributed by atoms with Crippen molar-refractivity contribution in [3.63, 3.8) is 0 Å². The first kappa shape index (κ1) is 17.8. The maximum atomic E-state index is 2.38. The predicted molar refractivity (Wildman–Crippen MR) is 121 cm³/mol. The summed E-state index contributed by atoms with van der Waals surface area (Å²) >= 11 is 0. The minimum Gasteiger partial charge on any atom is -0.304 e. The van der Waals surface area contributed by atoms with E-state index in [0.29, 0.717) is 0 Å². The Labute approximate surface area is 161 Å². The van der Waals surface area contributed by atoms with Crippen molar-refractivity contribution in [1.29, 1.82) is 0 Å². The summed E-state index contributed by atoms with van der Waals surface area (Å²) in [7, 11) is 0. The van der Waals surface area contributed by atoms with Crippen molar-refractivity contribution in [2.45, 2.75) is 20.8 Å². The van der Waals surface area contributed by atoms with Gasteiger partial charge >= 0.3 is 0 Å². The van der Waals surface area contributed by atoms with Crippen molar-refractivity contribution < 1.29 is 0 Å². The first-order chi connectivity index (χ1) is 13.3. The van der Waals surface area contributed by atoms with E-state index in [0.717, 1.165) is 0 Å². The molecule has 136 valence electrons. The molecule has 0 aliphatic rings. The second kappa shape index (κ2) is 7.54. The molecule has 0 aliphatic heterocycles. The number of nitrogens with zero attached hydrogens (tertiary/aromatic N) is 1. The average Bonchev–Trinajstić information content (AvgIpc) is 2.73. The lowest BCUT2D eigenvalue weighted by atomic mass is 9.90. The Bertz CT molecular complexity index is 1010. The Morgan fingerprint density at radius 1 is 0.481 bits per heavy atom. The molecule has 0 amide bonds. The molecule has 0 unspecified atom stereocenters. The largest absolute Gasteiger partial charge is 0.304 e. The molecule has 1 heteroatoms. The number of fused-ring (bicyclic) bond motifs is 2. The second-order valence-electron chi connectivity index (χ2n) is 7.04. The van der Waals surface area contributed by atoms with E-state index >= 15 is 0 Å². The number of hydrogen-bond acceptors (Lipinski definition) is 1. The molecule has 5 aromatic carbocycles. The molecular weight excluding hydrogens is 326 g/mol. The smallest absolute Gasteiger partial charge is 0.00264 e. The van der Waals surface area contributed by atoms with E-state index in [1.807, 2.05) is 0 Å². The summed E-state index contributed by atoms with van der Waals surface area (Å²) in [4.78, 5) is 2.38. The molecule has 0 aliphatic carbocycles. The molecule has 0 atom stereocenters. The van der Waals surface area contributed by atoms with Gasteiger partial charge in [0.2, 0.25) is 0 Å². The Kier molecular flexibility index (Phi) is 4.96. The van der Waals surface area contributed by atoms with Gasteiger partial charge in [-0.15, -0.1) is 0 Å². The lowest BCUT2D eigenvalue weighted by Crippen LogP contribution is -2.21. The van der Waals surface area contributed by atoms with Crippen molar-refractivity contribution in [3.8, 4) is 0 Å². The van der Waals surface area contributed by atoms with Crippen LogP contribution < -0.4 is 0 Å². The standard InChI is InChI=1S/C20H12.C6H15N/c1-5-13-6-2-11-17-18-12-4-8-14-7-3-10-16(20(14)18)15(9-1)19(13)17;1-4-7(5-2)6-3/h1-12H;4-6H2,1-3H3. The van der Waals surface area contributed by atoms with Crippen LogP contribution in [0.25, 0.3) is 43.1 Å². The highest BCUT2D eigenvalue weighted by atomic mass is 15.1. The minimum atomic E-state index is 1.19. The highest BCUT2D eigenvalue weighted by Gasteiger charge is 2.11. The van der Waals surface area contributed by atoms with Gasteiger partial charge in [0.15, 0.2) is 0 Å². The zero-order valence-corrected chi connectivity index (χ0v) is 16.5. The maximum Gasteiger partial charge on any atom is -0.00264 e. The Morgan fingerprint density at radius 3 is 1.00 bits per heavy atom. The summed E-state index contributed by atoms with van der Waals surface area (Å²) in [6.07, 6.45) is 0. The molecule has 27 heavy (non-hydrogen) atoms. The molecule has 0 saturated heterocycles. The van der Waals surface area contributed by atoms with Crippen LogP contribution in [-0.4, -0.2) is 24.5 Å². The normalized spacial score (nSPS) is 11.6. The molecule has 0 spiro atoms. The third kappa shape index (κ3) is 3.02. The summed E-state index contributed by atoms with van der Waals surface area (Å²) in [5, 5.41) is 10.9. The van der Waals surface area contributed by atoms with Crippen molar-refractivity contribution in [3.05, 3.63) is 72.8 Å². The lowest BCUT2D eigenvalue weighted by Gasteiger charge is -2.13. The van der Waals surface area contributed by atoms with E-state index in [2.05, 4.69) is 98.5 Å². The molecule has 0 aromatic heterocycles. The van der Waals surface area contributed by atoms with Gasteiger partial charge in [-0.1, -0.05) is 93.6 Å². The van der Waals surface area contributed by atoms with Crippen molar-refractivity contribution >= 4 is 43.1 Å². The van der Waals surface area contributed by atoms with Gasteiger partial charge < -0.3 is 4.90 Å². The van der Waals surface area contributed by atoms with Crippen LogP contribution in [0.1, 0.15) is 20.8 Å². The van der Waals surface area contributed by atoms with Gasteiger partial charge in [0.1, 0.15) is 0 Å².